The predicted molar refractivity (Wildman–Crippen MR) is 222 cm³/mol. The van der Waals surface area contributed by atoms with E-state index in [9.17, 15) is 10.5 Å². The molecule has 0 spiro atoms. The number of hydrogen-bond donors (Lipinski definition) is 0. The Labute approximate surface area is 328 Å². The lowest BCUT2D eigenvalue weighted by Gasteiger charge is -2.57. The normalized spacial score (nSPS) is 20.6. The molecule has 0 unspecified atom stereocenters. The van der Waals surface area contributed by atoms with Gasteiger partial charge in [0, 0.05) is 16.7 Å². The molecular formula is C51H39N5. The van der Waals surface area contributed by atoms with Crippen molar-refractivity contribution in [3.05, 3.63) is 162 Å². The van der Waals surface area contributed by atoms with Crippen LogP contribution in [0.2, 0.25) is 0 Å². The summed E-state index contributed by atoms with van der Waals surface area (Å²) in [5.41, 5.74) is 11.9. The van der Waals surface area contributed by atoms with Gasteiger partial charge in [0.05, 0.1) is 23.3 Å². The summed E-state index contributed by atoms with van der Waals surface area (Å²) < 4.78 is 0. The third-order valence-electron chi connectivity index (χ3n) is 12.5. The molecule has 268 valence electrons. The molecule has 1 aromatic heterocycles. The van der Waals surface area contributed by atoms with Crippen LogP contribution < -0.4 is 0 Å². The molecule has 5 heteroatoms. The van der Waals surface area contributed by atoms with E-state index in [0.29, 0.717) is 34.0 Å². The molecule has 0 N–H and O–H groups in total. The van der Waals surface area contributed by atoms with E-state index in [1.54, 1.807) is 24.3 Å². The molecule has 4 aliphatic carbocycles. The first-order valence-corrected chi connectivity index (χ1v) is 19.7. The fraction of sp³-hybridized carbons (Fsp3) is 0.196. The van der Waals surface area contributed by atoms with Crippen LogP contribution in [0, 0.1) is 40.4 Å². The maximum atomic E-state index is 9.72. The Morgan fingerprint density at radius 1 is 0.393 bits per heavy atom. The molecule has 5 nitrogen and oxygen atoms in total. The first-order valence-electron chi connectivity index (χ1n) is 19.7. The van der Waals surface area contributed by atoms with E-state index in [2.05, 4.69) is 103 Å². The van der Waals surface area contributed by atoms with Crippen LogP contribution in [-0.2, 0) is 5.41 Å². The summed E-state index contributed by atoms with van der Waals surface area (Å²) in [5, 5.41) is 19.4. The minimum Gasteiger partial charge on any atom is -0.208 e. The smallest absolute Gasteiger partial charge is 0.164 e. The Morgan fingerprint density at radius 2 is 0.804 bits per heavy atom. The van der Waals surface area contributed by atoms with Crippen molar-refractivity contribution in [2.45, 2.75) is 43.9 Å². The number of rotatable bonds is 7. The second-order valence-electron chi connectivity index (χ2n) is 16.2. The van der Waals surface area contributed by atoms with Gasteiger partial charge in [-0.25, -0.2) is 15.0 Å². The van der Waals surface area contributed by atoms with Crippen molar-refractivity contribution in [2.75, 3.05) is 0 Å². The summed E-state index contributed by atoms with van der Waals surface area (Å²) in [4.78, 5) is 15.1. The summed E-state index contributed by atoms with van der Waals surface area (Å²) in [6, 6.07) is 54.4. The molecule has 0 amide bonds. The number of nitriles is 2. The highest BCUT2D eigenvalue weighted by Gasteiger charge is 2.51. The van der Waals surface area contributed by atoms with Crippen LogP contribution in [0.25, 0.3) is 67.5 Å². The van der Waals surface area contributed by atoms with Gasteiger partial charge in [0.1, 0.15) is 0 Å². The van der Waals surface area contributed by atoms with Crippen molar-refractivity contribution >= 4 is 0 Å². The number of nitrogens with zero attached hydrogens (tertiary/aromatic N) is 5. The molecule has 11 rings (SSSR count). The third kappa shape index (κ3) is 6.36. The van der Waals surface area contributed by atoms with E-state index in [0.717, 1.165) is 67.8 Å². The van der Waals surface area contributed by atoms with Gasteiger partial charge >= 0.3 is 0 Å². The molecule has 0 saturated heterocycles. The van der Waals surface area contributed by atoms with Crippen LogP contribution in [0.3, 0.4) is 0 Å². The molecule has 4 fully saturated rings. The monoisotopic (exact) mass is 721 g/mol. The van der Waals surface area contributed by atoms with Crippen molar-refractivity contribution in [3.8, 4) is 79.7 Å². The Balaban J connectivity index is 1.13. The minimum absolute atomic E-state index is 0.335. The van der Waals surface area contributed by atoms with Crippen LogP contribution in [0.4, 0.5) is 0 Å². The Kier molecular flexibility index (Phi) is 8.38. The molecule has 4 saturated carbocycles. The first-order chi connectivity index (χ1) is 27.5. The standard InChI is InChI=1S/C51H39N5/c52-31-33-7-4-13-42(22-33)48-54-49(43-14-5-8-34(23-43)32-53)56-50(55-48)46-26-44(25-45(27-46)41-12-6-11-40(24-41)38-9-2-1-3-10-38)39-15-17-47(18-16-39)51-28-35-19-36(29-51)21-37(20-35)30-51/h1-18,22-27,35-37H,19-21,28-30H2/t35-,36+,37?,51?. The summed E-state index contributed by atoms with van der Waals surface area (Å²) >= 11 is 0. The SMILES string of the molecule is N#Cc1cccc(-c2nc(-c3cccc(C#N)c3)nc(-c3cc(-c4ccc(C56CC7C[C@H](C5)C[C@@H](C7)C6)cc4)cc(-c4cccc(-c5ccccc5)c4)c3)n2)c1. The van der Waals surface area contributed by atoms with E-state index in [4.69, 9.17) is 15.0 Å². The molecule has 7 aromatic rings. The fourth-order valence-electron chi connectivity index (χ4n) is 10.3. The maximum Gasteiger partial charge on any atom is 0.164 e. The quantitative estimate of drug-likeness (QED) is 0.164. The number of hydrogen-bond acceptors (Lipinski definition) is 5. The second-order valence-corrected chi connectivity index (χ2v) is 16.2. The minimum atomic E-state index is 0.335. The molecule has 0 radical (unpaired) electrons. The lowest BCUT2D eigenvalue weighted by Crippen LogP contribution is -2.48. The van der Waals surface area contributed by atoms with Crippen molar-refractivity contribution in [3.63, 3.8) is 0 Å². The van der Waals surface area contributed by atoms with Crippen LogP contribution in [0.15, 0.2) is 146 Å². The van der Waals surface area contributed by atoms with E-state index >= 15 is 0 Å². The van der Waals surface area contributed by atoms with E-state index in [1.807, 2.05) is 30.3 Å². The molecule has 56 heavy (non-hydrogen) atoms. The van der Waals surface area contributed by atoms with Gasteiger partial charge in [-0.15, -0.1) is 0 Å². The average Bonchev–Trinajstić information content (AvgIpc) is 3.26. The van der Waals surface area contributed by atoms with Gasteiger partial charge in [0.25, 0.3) is 0 Å². The van der Waals surface area contributed by atoms with Crippen molar-refractivity contribution in [2.24, 2.45) is 17.8 Å². The van der Waals surface area contributed by atoms with Crippen molar-refractivity contribution in [1.82, 2.24) is 15.0 Å². The van der Waals surface area contributed by atoms with E-state index < -0.39 is 0 Å². The molecule has 0 atom stereocenters. The molecule has 6 aromatic carbocycles. The van der Waals surface area contributed by atoms with Gasteiger partial charge in [-0.3, -0.25) is 0 Å². The molecule has 4 aliphatic rings. The van der Waals surface area contributed by atoms with Gasteiger partial charge < -0.3 is 0 Å². The van der Waals surface area contributed by atoms with Crippen LogP contribution in [0.5, 0.6) is 0 Å². The molecule has 4 bridgehead atoms. The second kappa shape index (κ2) is 13.9. The average molecular weight is 722 g/mol. The number of benzene rings is 6. The fourth-order valence-corrected chi connectivity index (χ4v) is 10.3. The molecule has 1 heterocycles. The highest BCUT2D eigenvalue weighted by Crippen LogP contribution is 2.60. The Hall–Kier alpha value is -6.69. The zero-order chi connectivity index (χ0) is 37.6. The van der Waals surface area contributed by atoms with Crippen molar-refractivity contribution < 1.29 is 0 Å². The van der Waals surface area contributed by atoms with Crippen molar-refractivity contribution in [1.29, 1.82) is 10.5 Å². The van der Waals surface area contributed by atoms with E-state index in [1.165, 1.54) is 44.1 Å². The van der Waals surface area contributed by atoms with Gasteiger partial charge in [-0.1, -0.05) is 97.1 Å². The lowest BCUT2D eigenvalue weighted by molar-refractivity contribution is -0.00518. The van der Waals surface area contributed by atoms with Gasteiger partial charge in [0.2, 0.25) is 0 Å². The Bertz CT molecular complexity index is 2590. The van der Waals surface area contributed by atoms with E-state index in [-0.39, 0.29) is 0 Å². The molecular weight excluding hydrogens is 683 g/mol. The van der Waals surface area contributed by atoms with Crippen LogP contribution in [0.1, 0.15) is 55.2 Å². The lowest BCUT2D eigenvalue weighted by atomic mass is 9.48. The maximum absolute atomic E-state index is 9.72. The van der Waals surface area contributed by atoms with Crippen LogP contribution in [-0.4, -0.2) is 15.0 Å². The predicted octanol–water partition coefficient (Wildman–Crippen LogP) is 12.1. The zero-order valence-electron chi connectivity index (χ0n) is 31.1. The largest absolute Gasteiger partial charge is 0.208 e. The first kappa shape index (κ1) is 33.8. The zero-order valence-corrected chi connectivity index (χ0v) is 31.1. The van der Waals surface area contributed by atoms with Gasteiger partial charge in [-0.05, 0) is 149 Å². The van der Waals surface area contributed by atoms with Gasteiger partial charge in [-0.2, -0.15) is 10.5 Å². The topological polar surface area (TPSA) is 86.2 Å². The third-order valence-corrected chi connectivity index (χ3v) is 12.5. The van der Waals surface area contributed by atoms with Gasteiger partial charge in [0.15, 0.2) is 17.5 Å². The summed E-state index contributed by atoms with van der Waals surface area (Å²) in [5.74, 6) is 4.12. The molecule has 0 aliphatic heterocycles. The highest BCUT2D eigenvalue weighted by atomic mass is 15.0. The Morgan fingerprint density at radius 3 is 1.36 bits per heavy atom. The van der Waals surface area contributed by atoms with Crippen LogP contribution >= 0.6 is 0 Å². The highest BCUT2D eigenvalue weighted by molar-refractivity contribution is 5.82. The summed E-state index contributed by atoms with van der Waals surface area (Å²) in [7, 11) is 0. The summed E-state index contributed by atoms with van der Waals surface area (Å²) in [6.45, 7) is 0. The summed E-state index contributed by atoms with van der Waals surface area (Å²) in [6.07, 6.45) is 8.34. The number of aromatic nitrogens is 3.